The first-order valence-electron chi connectivity index (χ1n) is 13.5. The molecule has 1 atom stereocenters. The van der Waals surface area contributed by atoms with Crippen molar-refractivity contribution in [1.29, 1.82) is 0 Å². The van der Waals surface area contributed by atoms with E-state index in [1.807, 2.05) is 44.2 Å². The molecule has 0 saturated carbocycles. The second-order valence-electron chi connectivity index (χ2n) is 10.4. The number of sulfonamides is 1. The Bertz CT molecular complexity index is 1430. The van der Waals surface area contributed by atoms with Crippen LogP contribution < -0.4 is 9.62 Å². The molecule has 220 valence electrons. The Morgan fingerprint density at radius 1 is 0.976 bits per heavy atom. The van der Waals surface area contributed by atoms with E-state index in [0.29, 0.717) is 16.3 Å². The van der Waals surface area contributed by atoms with Crippen molar-refractivity contribution in [3.05, 3.63) is 100 Å². The lowest BCUT2D eigenvalue weighted by Crippen LogP contribution is -2.51. The topological polar surface area (TPSA) is 86.8 Å². The number of nitrogens with zero attached hydrogens (tertiary/aromatic N) is 2. The van der Waals surface area contributed by atoms with Gasteiger partial charge in [-0.3, -0.25) is 13.9 Å². The Balaban J connectivity index is 1.89. The number of benzene rings is 3. The Labute approximate surface area is 247 Å². The van der Waals surface area contributed by atoms with Gasteiger partial charge in [-0.15, -0.1) is 0 Å². The second-order valence-corrected chi connectivity index (χ2v) is 12.7. The van der Waals surface area contributed by atoms with Gasteiger partial charge in [-0.05, 0) is 68.1 Å². The van der Waals surface area contributed by atoms with Crippen LogP contribution in [0, 0.1) is 12.7 Å². The number of nitrogens with one attached hydrogen (secondary N) is 1. The van der Waals surface area contributed by atoms with Crippen LogP contribution in [0.5, 0.6) is 0 Å². The van der Waals surface area contributed by atoms with E-state index in [1.54, 1.807) is 37.3 Å². The van der Waals surface area contributed by atoms with Crippen molar-refractivity contribution in [3.63, 3.8) is 0 Å². The number of anilines is 1. The number of amides is 2. The normalized spacial score (nSPS) is 12.2. The number of rotatable bonds is 13. The number of hydrogen-bond donors (Lipinski definition) is 1. The summed E-state index contributed by atoms with van der Waals surface area (Å²) in [4.78, 5) is 28.8. The first kappa shape index (κ1) is 32.1. The number of carbonyl (C=O) groups excluding carboxylic acids is 2. The van der Waals surface area contributed by atoms with Gasteiger partial charge < -0.3 is 10.2 Å². The molecule has 3 aromatic rings. The van der Waals surface area contributed by atoms with Crippen molar-refractivity contribution >= 4 is 39.1 Å². The minimum Gasteiger partial charge on any atom is -0.352 e. The molecule has 0 spiro atoms. The quantitative estimate of drug-likeness (QED) is 0.280. The predicted molar refractivity (Wildman–Crippen MR) is 162 cm³/mol. The van der Waals surface area contributed by atoms with Crippen LogP contribution in [-0.2, 0) is 32.6 Å². The molecule has 0 aromatic heterocycles. The molecule has 0 bridgehead atoms. The molecule has 0 heterocycles. The first-order valence-corrected chi connectivity index (χ1v) is 15.7. The molecule has 0 fully saturated rings. The molecular formula is C31H37ClFN3O4S. The third-order valence-electron chi connectivity index (χ3n) is 6.56. The van der Waals surface area contributed by atoms with Crippen LogP contribution in [0.25, 0.3) is 0 Å². The summed E-state index contributed by atoms with van der Waals surface area (Å²) in [6.07, 6.45) is 1.60. The zero-order valence-electron chi connectivity index (χ0n) is 23.8. The lowest BCUT2D eigenvalue weighted by Gasteiger charge is -2.32. The van der Waals surface area contributed by atoms with E-state index in [1.165, 1.54) is 21.3 Å². The molecule has 2 amide bonds. The molecule has 3 rings (SSSR count). The van der Waals surface area contributed by atoms with Gasteiger partial charge in [0.15, 0.2) is 0 Å². The predicted octanol–water partition coefficient (Wildman–Crippen LogP) is 5.50. The molecule has 7 nitrogen and oxygen atoms in total. The van der Waals surface area contributed by atoms with Crippen molar-refractivity contribution in [3.8, 4) is 0 Å². The summed E-state index contributed by atoms with van der Waals surface area (Å²) in [7, 11) is -3.66. The average molecular weight is 602 g/mol. The van der Waals surface area contributed by atoms with Crippen molar-refractivity contribution < 1.29 is 22.4 Å². The third kappa shape index (κ3) is 9.57. The molecular weight excluding hydrogens is 565 g/mol. The van der Waals surface area contributed by atoms with Gasteiger partial charge in [0, 0.05) is 37.0 Å². The van der Waals surface area contributed by atoms with E-state index in [-0.39, 0.29) is 50.2 Å². The molecule has 0 aliphatic carbocycles. The van der Waals surface area contributed by atoms with Crippen LogP contribution >= 0.6 is 11.6 Å². The molecule has 0 saturated heterocycles. The molecule has 0 unspecified atom stereocenters. The highest BCUT2D eigenvalue weighted by molar-refractivity contribution is 7.92. The maximum atomic E-state index is 13.8. The Morgan fingerprint density at radius 2 is 1.63 bits per heavy atom. The van der Waals surface area contributed by atoms with Crippen molar-refractivity contribution in [1.82, 2.24) is 10.2 Å². The number of hydrogen-bond acceptors (Lipinski definition) is 4. The van der Waals surface area contributed by atoms with E-state index in [9.17, 15) is 22.4 Å². The molecule has 10 heteroatoms. The fourth-order valence-corrected chi connectivity index (χ4v) is 5.74. The standard InChI is InChI=1S/C31H37ClFN3O4S/c1-22(2)34-31(38)29(19-24-9-6-5-7-10-24)35(21-25-13-16-27(33)17-14-25)30(37)11-8-18-36(41(4,39)40)28-20-26(32)15-12-23(28)3/h5-7,9-10,12-17,20,22,29H,8,11,18-19,21H2,1-4H3,(H,34,38)/t29-/m1/s1. The Morgan fingerprint density at radius 3 is 2.24 bits per heavy atom. The second kappa shape index (κ2) is 14.5. The molecule has 1 N–H and O–H groups in total. The summed E-state index contributed by atoms with van der Waals surface area (Å²) in [6, 6.07) is 19.3. The molecule has 3 aromatic carbocycles. The first-order chi connectivity index (χ1) is 19.3. The molecule has 0 radical (unpaired) electrons. The fraction of sp³-hybridized carbons (Fsp3) is 0.355. The summed E-state index contributed by atoms with van der Waals surface area (Å²) in [5.74, 6) is -1.01. The van der Waals surface area contributed by atoms with Gasteiger partial charge in [0.05, 0.1) is 11.9 Å². The largest absolute Gasteiger partial charge is 0.352 e. The van der Waals surface area contributed by atoms with Crippen LogP contribution in [0.3, 0.4) is 0 Å². The van der Waals surface area contributed by atoms with Crippen molar-refractivity contribution in [2.24, 2.45) is 0 Å². The van der Waals surface area contributed by atoms with E-state index >= 15 is 0 Å². The smallest absolute Gasteiger partial charge is 0.243 e. The van der Waals surface area contributed by atoms with Gasteiger partial charge >= 0.3 is 0 Å². The summed E-state index contributed by atoms with van der Waals surface area (Å²) >= 11 is 6.15. The fourth-order valence-electron chi connectivity index (χ4n) is 4.55. The number of carbonyl (C=O) groups is 2. The lowest BCUT2D eigenvalue weighted by atomic mass is 10.0. The molecule has 0 aliphatic heterocycles. The summed E-state index contributed by atoms with van der Waals surface area (Å²) in [5, 5.41) is 3.33. The maximum Gasteiger partial charge on any atom is 0.243 e. The van der Waals surface area contributed by atoms with Crippen LogP contribution in [0.15, 0.2) is 72.8 Å². The van der Waals surface area contributed by atoms with E-state index < -0.39 is 21.9 Å². The maximum absolute atomic E-state index is 13.8. The lowest BCUT2D eigenvalue weighted by molar-refractivity contribution is -0.141. The minimum atomic E-state index is -3.66. The number of halogens is 2. The van der Waals surface area contributed by atoms with E-state index in [4.69, 9.17) is 11.6 Å². The van der Waals surface area contributed by atoms with Gasteiger partial charge in [-0.2, -0.15) is 0 Å². The van der Waals surface area contributed by atoms with Gasteiger partial charge in [0.2, 0.25) is 21.8 Å². The van der Waals surface area contributed by atoms with Gasteiger partial charge in [0.25, 0.3) is 0 Å². The minimum absolute atomic E-state index is 0.00687. The van der Waals surface area contributed by atoms with Crippen molar-refractivity contribution in [2.45, 2.75) is 58.7 Å². The highest BCUT2D eigenvalue weighted by Gasteiger charge is 2.31. The van der Waals surface area contributed by atoms with Crippen LogP contribution in [0.4, 0.5) is 10.1 Å². The van der Waals surface area contributed by atoms with Crippen LogP contribution in [0.1, 0.15) is 43.4 Å². The van der Waals surface area contributed by atoms with E-state index in [2.05, 4.69) is 5.32 Å². The third-order valence-corrected chi connectivity index (χ3v) is 7.98. The zero-order chi connectivity index (χ0) is 30.2. The highest BCUT2D eigenvalue weighted by atomic mass is 35.5. The summed E-state index contributed by atoms with van der Waals surface area (Å²) in [6.45, 7) is 5.63. The zero-order valence-corrected chi connectivity index (χ0v) is 25.4. The highest BCUT2D eigenvalue weighted by Crippen LogP contribution is 2.27. The van der Waals surface area contributed by atoms with Gasteiger partial charge in [-0.1, -0.05) is 60.1 Å². The van der Waals surface area contributed by atoms with Crippen molar-refractivity contribution in [2.75, 3.05) is 17.1 Å². The number of aryl methyl sites for hydroxylation is 1. The molecule has 0 aliphatic rings. The van der Waals surface area contributed by atoms with Gasteiger partial charge in [0.1, 0.15) is 11.9 Å². The summed E-state index contributed by atoms with van der Waals surface area (Å²) in [5.41, 5.74) is 2.74. The molecule has 41 heavy (non-hydrogen) atoms. The monoisotopic (exact) mass is 601 g/mol. The average Bonchev–Trinajstić information content (AvgIpc) is 2.90. The summed E-state index contributed by atoms with van der Waals surface area (Å²) < 4.78 is 40.2. The van der Waals surface area contributed by atoms with Crippen LogP contribution in [0.2, 0.25) is 5.02 Å². The SMILES string of the molecule is Cc1ccc(Cl)cc1N(CCCC(=O)N(Cc1ccc(F)cc1)[C@H](Cc1ccccc1)C(=O)NC(C)C)S(C)(=O)=O. The van der Waals surface area contributed by atoms with E-state index in [0.717, 1.165) is 17.4 Å². The Hall–Kier alpha value is -3.43. The van der Waals surface area contributed by atoms with Gasteiger partial charge in [-0.25, -0.2) is 12.8 Å². The Kier molecular flexibility index (Phi) is 11.3. The van der Waals surface area contributed by atoms with Crippen LogP contribution in [-0.4, -0.2) is 50.0 Å².